The maximum atomic E-state index is 13.3. The van der Waals surface area contributed by atoms with Crippen molar-refractivity contribution in [1.82, 2.24) is 10.2 Å². The molecule has 32 heavy (non-hydrogen) atoms. The second-order valence-electron chi connectivity index (χ2n) is 10.1. The molecular formula is C25H36N2O5. The Bertz CT molecular complexity index is 883. The van der Waals surface area contributed by atoms with Crippen molar-refractivity contribution >= 4 is 17.9 Å². The van der Waals surface area contributed by atoms with Gasteiger partial charge in [-0.3, -0.25) is 14.5 Å². The summed E-state index contributed by atoms with van der Waals surface area (Å²) >= 11 is 0. The number of ether oxygens (including phenoxy) is 2. The lowest BCUT2D eigenvalue weighted by molar-refractivity contribution is -0.154. The molecule has 176 valence electrons. The summed E-state index contributed by atoms with van der Waals surface area (Å²) in [5.74, 6) is 0.355. The average Bonchev–Trinajstić information content (AvgIpc) is 2.98. The molecule has 0 aromatic heterocycles. The van der Waals surface area contributed by atoms with E-state index in [0.717, 1.165) is 36.1 Å². The first-order valence-electron chi connectivity index (χ1n) is 11.5. The van der Waals surface area contributed by atoms with Crippen LogP contribution < -0.4 is 10.1 Å². The fourth-order valence-corrected chi connectivity index (χ4v) is 4.95. The zero-order chi connectivity index (χ0) is 23.7. The SMILES string of the molecule is CCC1(c2ccc(OC)c(C)c2)NC(=O)N(CC(=O)OC2CCC(C(C)(C)C)CC2)C1=O. The van der Waals surface area contributed by atoms with Gasteiger partial charge in [-0.2, -0.15) is 0 Å². The Kier molecular flexibility index (Phi) is 6.86. The van der Waals surface area contributed by atoms with Gasteiger partial charge in [0.15, 0.2) is 0 Å². The summed E-state index contributed by atoms with van der Waals surface area (Å²) in [5.41, 5.74) is 0.592. The Hall–Kier alpha value is -2.57. The summed E-state index contributed by atoms with van der Waals surface area (Å²) in [6.45, 7) is 10.1. The van der Waals surface area contributed by atoms with E-state index in [1.54, 1.807) is 19.2 Å². The minimum atomic E-state index is -1.20. The molecule has 0 spiro atoms. The van der Waals surface area contributed by atoms with Crippen molar-refractivity contribution in [2.75, 3.05) is 13.7 Å². The van der Waals surface area contributed by atoms with Crippen molar-refractivity contribution in [3.63, 3.8) is 0 Å². The summed E-state index contributed by atoms with van der Waals surface area (Å²) in [5, 5.41) is 2.82. The minimum absolute atomic E-state index is 0.151. The first kappa shape index (κ1) is 24.1. The van der Waals surface area contributed by atoms with Crippen molar-refractivity contribution in [1.29, 1.82) is 0 Å². The molecule has 1 atom stereocenters. The van der Waals surface area contributed by atoms with Gasteiger partial charge >= 0.3 is 12.0 Å². The highest BCUT2D eigenvalue weighted by Gasteiger charge is 2.52. The maximum absolute atomic E-state index is 13.3. The van der Waals surface area contributed by atoms with Crippen LogP contribution in [0.15, 0.2) is 18.2 Å². The molecule has 1 heterocycles. The number of amides is 3. The van der Waals surface area contributed by atoms with E-state index in [9.17, 15) is 14.4 Å². The first-order chi connectivity index (χ1) is 15.0. The zero-order valence-electron chi connectivity index (χ0n) is 20.1. The number of methoxy groups -OCH3 is 1. The van der Waals surface area contributed by atoms with Crippen molar-refractivity contribution in [2.45, 2.75) is 78.4 Å². The number of esters is 1. The molecule has 1 unspecified atom stereocenters. The van der Waals surface area contributed by atoms with Crippen LogP contribution in [-0.2, 0) is 19.9 Å². The molecule has 3 rings (SSSR count). The van der Waals surface area contributed by atoms with E-state index >= 15 is 0 Å². The van der Waals surface area contributed by atoms with Crippen LogP contribution in [0.25, 0.3) is 0 Å². The Morgan fingerprint density at radius 2 is 1.84 bits per heavy atom. The van der Waals surface area contributed by atoms with E-state index < -0.39 is 23.4 Å². The normalized spacial score (nSPS) is 26.1. The molecule has 1 aromatic carbocycles. The standard InChI is InChI=1S/C25H36N2O5/c1-7-25(18-10-13-20(31-6)16(2)14-18)22(29)27(23(30)26-25)15-21(28)32-19-11-8-17(9-12-19)24(3,4)5/h10,13-14,17,19H,7-9,11-12,15H2,1-6H3,(H,26,30). The van der Waals surface area contributed by atoms with Crippen LogP contribution in [-0.4, -0.2) is 42.6 Å². The van der Waals surface area contributed by atoms with Crippen LogP contribution in [0.5, 0.6) is 5.75 Å². The van der Waals surface area contributed by atoms with Gasteiger partial charge in [-0.05, 0) is 73.6 Å². The predicted molar refractivity (Wildman–Crippen MR) is 121 cm³/mol. The van der Waals surface area contributed by atoms with Crippen LogP contribution >= 0.6 is 0 Å². The fraction of sp³-hybridized carbons (Fsp3) is 0.640. The van der Waals surface area contributed by atoms with Gasteiger partial charge in [-0.15, -0.1) is 0 Å². The van der Waals surface area contributed by atoms with Crippen molar-refractivity contribution < 1.29 is 23.9 Å². The van der Waals surface area contributed by atoms with E-state index in [1.165, 1.54) is 0 Å². The summed E-state index contributed by atoms with van der Waals surface area (Å²) in [6.07, 6.45) is 3.88. The number of hydrogen-bond acceptors (Lipinski definition) is 5. The van der Waals surface area contributed by atoms with Gasteiger partial charge in [0.2, 0.25) is 0 Å². The zero-order valence-corrected chi connectivity index (χ0v) is 20.1. The van der Waals surface area contributed by atoms with Gasteiger partial charge in [0, 0.05) is 0 Å². The molecule has 3 amide bonds. The number of imide groups is 1. The fourth-order valence-electron chi connectivity index (χ4n) is 4.95. The Morgan fingerprint density at radius 1 is 1.19 bits per heavy atom. The number of carbonyl (C=O) groups is 3. The molecule has 1 saturated heterocycles. The third kappa shape index (κ3) is 4.62. The van der Waals surface area contributed by atoms with Crippen LogP contribution in [0.3, 0.4) is 0 Å². The third-order valence-electron chi connectivity index (χ3n) is 7.08. The lowest BCUT2D eigenvalue weighted by Crippen LogP contribution is -2.44. The lowest BCUT2D eigenvalue weighted by atomic mass is 9.72. The van der Waals surface area contributed by atoms with Gasteiger partial charge in [-0.1, -0.05) is 33.8 Å². The average molecular weight is 445 g/mol. The number of carbonyl (C=O) groups excluding carboxylic acids is 3. The van der Waals surface area contributed by atoms with Crippen LogP contribution in [0.1, 0.15) is 70.9 Å². The molecule has 1 aromatic rings. The van der Waals surface area contributed by atoms with Crippen LogP contribution in [0.2, 0.25) is 0 Å². The molecule has 1 aliphatic carbocycles. The highest BCUT2D eigenvalue weighted by Crippen LogP contribution is 2.39. The minimum Gasteiger partial charge on any atom is -0.496 e. The second kappa shape index (κ2) is 9.12. The Labute approximate surface area is 190 Å². The van der Waals surface area contributed by atoms with Crippen molar-refractivity contribution in [2.24, 2.45) is 11.3 Å². The molecule has 1 saturated carbocycles. The number of nitrogens with zero attached hydrogens (tertiary/aromatic N) is 1. The predicted octanol–water partition coefficient (Wildman–Crippen LogP) is 4.31. The quantitative estimate of drug-likeness (QED) is 0.522. The number of hydrogen-bond donors (Lipinski definition) is 1. The van der Waals surface area contributed by atoms with Gasteiger partial charge < -0.3 is 14.8 Å². The van der Waals surface area contributed by atoms with Crippen molar-refractivity contribution in [3.8, 4) is 5.75 Å². The molecular weight excluding hydrogens is 408 g/mol. The molecule has 7 heteroatoms. The van der Waals surface area contributed by atoms with E-state index in [2.05, 4.69) is 26.1 Å². The molecule has 0 bridgehead atoms. The smallest absolute Gasteiger partial charge is 0.326 e. The molecule has 1 aliphatic heterocycles. The van der Waals surface area contributed by atoms with E-state index in [0.29, 0.717) is 23.7 Å². The number of aryl methyl sites for hydroxylation is 1. The van der Waals surface area contributed by atoms with Crippen LogP contribution in [0.4, 0.5) is 4.79 Å². The van der Waals surface area contributed by atoms with Crippen LogP contribution in [0, 0.1) is 18.3 Å². The maximum Gasteiger partial charge on any atom is 0.326 e. The second-order valence-corrected chi connectivity index (χ2v) is 10.1. The lowest BCUT2D eigenvalue weighted by Gasteiger charge is -2.36. The third-order valence-corrected chi connectivity index (χ3v) is 7.08. The van der Waals surface area contributed by atoms with Gasteiger partial charge in [-0.25, -0.2) is 4.79 Å². The van der Waals surface area contributed by atoms with E-state index in [-0.39, 0.29) is 18.1 Å². The molecule has 0 radical (unpaired) electrons. The molecule has 2 fully saturated rings. The Balaban J connectivity index is 1.66. The molecule has 1 N–H and O–H groups in total. The largest absolute Gasteiger partial charge is 0.496 e. The summed E-state index contributed by atoms with van der Waals surface area (Å²) in [6, 6.07) is 4.84. The topological polar surface area (TPSA) is 84.9 Å². The molecule has 2 aliphatic rings. The molecule has 7 nitrogen and oxygen atoms in total. The summed E-state index contributed by atoms with van der Waals surface area (Å²) < 4.78 is 10.9. The van der Waals surface area contributed by atoms with Gasteiger partial charge in [0.1, 0.15) is 23.9 Å². The van der Waals surface area contributed by atoms with E-state index in [4.69, 9.17) is 9.47 Å². The summed E-state index contributed by atoms with van der Waals surface area (Å²) in [7, 11) is 1.59. The van der Waals surface area contributed by atoms with Gasteiger partial charge in [0.05, 0.1) is 7.11 Å². The number of benzene rings is 1. The highest BCUT2D eigenvalue weighted by atomic mass is 16.5. The number of nitrogens with one attached hydrogen (secondary N) is 1. The van der Waals surface area contributed by atoms with E-state index in [1.807, 2.05) is 19.9 Å². The highest BCUT2D eigenvalue weighted by molar-refractivity contribution is 6.09. The first-order valence-corrected chi connectivity index (χ1v) is 11.5. The number of urea groups is 1. The summed E-state index contributed by atoms with van der Waals surface area (Å²) in [4.78, 5) is 39.6. The van der Waals surface area contributed by atoms with Crippen molar-refractivity contribution in [3.05, 3.63) is 29.3 Å². The number of rotatable bonds is 6. The van der Waals surface area contributed by atoms with Gasteiger partial charge in [0.25, 0.3) is 5.91 Å². The Morgan fingerprint density at radius 3 is 2.38 bits per heavy atom. The monoisotopic (exact) mass is 444 g/mol.